The third-order valence-electron chi connectivity index (χ3n) is 5.69. The van der Waals surface area contributed by atoms with Crippen LogP contribution >= 0.6 is 0 Å². The Labute approximate surface area is 189 Å². The molecule has 0 radical (unpaired) electrons. The molecule has 2 saturated heterocycles. The number of halogens is 6. The van der Waals surface area contributed by atoms with E-state index in [1.54, 1.807) is 0 Å². The number of carbonyl (C=O) groups excluding carboxylic acids is 2. The Balaban J connectivity index is 1.19. The van der Waals surface area contributed by atoms with Crippen LogP contribution in [0.1, 0.15) is 23.5 Å². The Morgan fingerprint density at radius 2 is 1.06 bits per heavy atom. The molecule has 182 valence electrons. The summed E-state index contributed by atoms with van der Waals surface area (Å²) in [5, 5.41) is 1.96. The van der Waals surface area contributed by atoms with Gasteiger partial charge in [-0.05, 0) is 12.1 Å². The standard InChI is InChI=1S/C22H18F6N2O4/c23-13-1-3-15(17(25)5-13)19(27)11-7-29(8-11)33-21(31)22(32)34-30-9-12(10-30)20(28)16-4-2-14(24)6-18(16)26/h1-6,11-12,19-20H,7-10H2. The molecular formula is C22H18F6N2O4. The van der Waals surface area contributed by atoms with Gasteiger partial charge in [0.15, 0.2) is 0 Å². The molecule has 2 heterocycles. The average molecular weight is 488 g/mol. The predicted molar refractivity (Wildman–Crippen MR) is 103 cm³/mol. The molecule has 2 atom stereocenters. The Bertz CT molecular complexity index is 1010. The zero-order valence-corrected chi connectivity index (χ0v) is 17.4. The fourth-order valence-corrected chi connectivity index (χ4v) is 3.73. The van der Waals surface area contributed by atoms with Crippen molar-refractivity contribution in [3.05, 3.63) is 70.8 Å². The molecule has 2 aromatic carbocycles. The largest absolute Gasteiger partial charge is 0.438 e. The number of hydroxylamine groups is 4. The number of hydrogen-bond acceptors (Lipinski definition) is 6. The first-order valence-electron chi connectivity index (χ1n) is 10.2. The van der Waals surface area contributed by atoms with Gasteiger partial charge < -0.3 is 9.68 Å². The molecule has 0 aliphatic carbocycles. The van der Waals surface area contributed by atoms with Gasteiger partial charge in [-0.15, -0.1) is 10.1 Å². The molecule has 2 aliphatic rings. The van der Waals surface area contributed by atoms with Gasteiger partial charge in [-0.3, -0.25) is 0 Å². The Morgan fingerprint density at radius 3 is 1.38 bits per heavy atom. The van der Waals surface area contributed by atoms with Crippen molar-refractivity contribution in [1.29, 1.82) is 0 Å². The topological polar surface area (TPSA) is 59.1 Å². The normalized spacial score (nSPS) is 19.1. The predicted octanol–water partition coefficient (Wildman–Crippen LogP) is 3.74. The summed E-state index contributed by atoms with van der Waals surface area (Å²) in [6.07, 6.45) is -3.53. The lowest BCUT2D eigenvalue weighted by Gasteiger charge is -2.39. The molecule has 0 spiro atoms. The van der Waals surface area contributed by atoms with E-state index in [4.69, 9.17) is 9.68 Å². The van der Waals surface area contributed by atoms with E-state index in [0.717, 1.165) is 34.4 Å². The fraction of sp³-hybridized carbons (Fsp3) is 0.364. The maximum atomic E-state index is 14.4. The second-order valence-electron chi connectivity index (χ2n) is 8.11. The number of rotatable bonds is 6. The number of hydrogen-bond donors (Lipinski definition) is 0. The van der Waals surface area contributed by atoms with Crippen LogP contribution in [-0.4, -0.2) is 48.2 Å². The molecule has 0 amide bonds. The van der Waals surface area contributed by atoms with E-state index >= 15 is 0 Å². The summed E-state index contributed by atoms with van der Waals surface area (Å²) >= 11 is 0. The van der Waals surface area contributed by atoms with Crippen LogP contribution in [0, 0.1) is 35.1 Å². The van der Waals surface area contributed by atoms with Gasteiger partial charge >= 0.3 is 11.9 Å². The van der Waals surface area contributed by atoms with Crippen LogP contribution in [0.5, 0.6) is 0 Å². The zero-order valence-electron chi connectivity index (χ0n) is 17.4. The summed E-state index contributed by atoms with van der Waals surface area (Å²) in [6, 6.07) is 4.98. The molecule has 12 heteroatoms. The lowest BCUT2D eigenvalue weighted by Crippen LogP contribution is -2.52. The maximum Gasteiger partial charge on any atom is 0.438 e. The highest BCUT2D eigenvalue weighted by Crippen LogP contribution is 2.36. The molecular weight excluding hydrogens is 470 g/mol. The van der Waals surface area contributed by atoms with Gasteiger partial charge in [0.2, 0.25) is 0 Å². The minimum absolute atomic E-state index is 0.129. The van der Waals surface area contributed by atoms with Crippen LogP contribution in [-0.2, 0) is 19.3 Å². The van der Waals surface area contributed by atoms with Crippen molar-refractivity contribution in [3.8, 4) is 0 Å². The van der Waals surface area contributed by atoms with E-state index in [-0.39, 0.29) is 37.3 Å². The first-order valence-corrected chi connectivity index (χ1v) is 10.2. The van der Waals surface area contributed by atoms with Crippen LogP contribution in [0.25, 0.3) is 0 Å². The maximum absolute atomic E-state index is 14.4. The lowest BCUT2D eigenvalue weighted by molar-refractivity contribution is -0.250. The van der Waals surface area contributed by atoms with Crippen LogP contribution in [0.4, 0.5) is 26.3 Å². The summed E-state index contributed by atoms with van der Waals surface area (Å²) in [5.74, 6) is -8.02. The monoisotopic (exact) mass is 488 g/mol. The minimum Gasteiger partial charge on any atom is -0.359 e. The van der Waals surface area contributed by atoms with Gasteiger partial charge in [0, 0.05) is 61.3 Å². The molecule has 0 bridgehead atoms. The van der Waals surface area contributed by atoms with Gasteiger partial charge in [-0.25, -0.2) is 35.9 Å². The summed E-state index contributed by atoms with van der Waals surface area (Å²) < 4.78 is 82.2. The molecule has 0 aromatic heterocycles. The number of carbonyl (C=O) groups is 2. The Kier molecular flexibility index (Phi) is 6.80. The second-order valence-corrected chi connectivity index (χ2v) is 8.11. The molecule has 6 nitrogen and oxygen atoms in total. The molecule has 2 aliphatic heterocycles. The van der Waals surface area contributed by atoms with Gasteiger partial charge in [-0.2, -0.15) is 0 Å². The highest BCUT2D eigenvalue weighted by Gasteiger charge is 2.41. The summed E-state index contributed by atoms with van der Waals surface area (Å²) in [5.41, 5.74) is -0.647. The SMILES string of the molecule is O=C(ON1CC(C(F)c2ccc(F)cc2F)C1)C(=O)ON1CC(C(F)c2ccc(F)cc2F)C1. The van der Waals surface area contributed by atoms with Gasteiger partial charge in [0.05, 0.1) is 0 Å². The lowest BCUT2D eigenvalue weighted by atomic mass is 9.91. The quantitative estimate of drug-likeness (QED) is 0.456. The molecule has 4 rings (SSSR count). The highest BCUT2D eigenvalue weighted by molar-refractivity contribution is 6.29. The Hall–Kier alpha value is -3.12. The summed E-state index contributed by atoms with van der Waals surface area (Å²) in [6.45, 7) is -0.518. The summed E-state index contributed by atoms with van der Waals surface area (Å²) in [7, 11) is 0. The smallest absolute Gasteiger partial charge is 0.359 e. The van der Waals surface area contributed by atoms with E-state index in [0.29, 0.717) is 12.1 Å². The average Bonchev–Trinajstić information content (AvgIpc) is 2.71. The molecule has 2 aromatic rings. The fourth-order valence-electron chi connectivity index (χ4n) is 3.73. The van der Waals surface area contributed by atoms with Crippen molar-refractivity contribution in [2.45, 2.75) is 12.3 Å². The third kappa shape index (κ3) is 5.02. The summed E-state index contributed by atoms with van der Waals surface area (Å²) in [4.78, 5) is 33.2. The van der Waals surface area contributed by atoms with E-state index in [9.17, 15) is 35.9 Å². The van der Waals surface area contributed by atoms with Crippen LogP contribution in [0.3, 0.4) is 0 Å². The zero-order chi connectivity index (χ0) is 24.6. The van der Waals surface area contributed by atoms with Crippen molar-refractivity contribution < 1.29 is 45.6 Å². The van der Waals surface area contributed by atoms with Crippen LogP contribution in [0.2, 0.25) is 0 Å². The van der Waals surface area contributed by atoms with E-state index in [2.05, 4.69) is 0 Å². The molecule has 2 fully saturated rings. The van der Waals surface area contributed by atoms with E-state index in [1.807, 2.05) is 0 Å². The van der Waals surface area contributed by atoms with Crippen LogP contribution < -0.4 is 0 Å². The van der Waals surface area contributed by atoms with Crippen molar-refractivity contribution in [3.63, 3.8) is 0 Å². The highest BCUT2D eigenvalue weighted by atomic mass is 19.2. The van der Waals surface area contributed by atoms with Gasteiger partial charge in [0.1, 0.15) is 35.6 Å². The van der Waals surface area contributed by atoms with Crippen LogP contribution in [0.15, 0.2) is 36.4 Å². The third-order valence-corrected chi connectivity index (χ3v) is 5.69. The molecule has 34 heavy (non-hydrogen) atoms. The molecule has 0 saturated carbocycles. The van der Waals surface area contributed by atoms with Crippen molar-refractivity contribution in [2.75, 3.05) is 26.2 Å². The van der Waals surface area contributed by atoms with Crippen molar-refractivity contribution >= 4 is 11.9 Å². The van der Waals surface area contributed by atoms with Crippen molar-refractivity contribution in [1.82, 2.24) is 10.1 Å². The molecule has 2 unspecified atom stereocenters. The van der Waals surface area contributed by atoms with Gasteiger partial charge in [0.25, 0.3) is 0 Å². The second kappa shape index (κ2) is 9.63. The van der Waals surface area contributed by atoms with Crippen molar-refractivity contribution in [2.24, 2.45) is 11.8 Å². The first-order chi connectivity index (χ1) is 16.1. The number of alkyl halides is 2. The van der Waals surface area contributed by atoms with Gasteiger partial charge in [-0.1, -0.05) is 12.1 Å². The van der Waals surface area contributed by atoms with E-state index in [1.165, 1.54) is 0 Å². The number of nitrogens with zero attached hydrogens (tertiary/aromatic N) is 2. The Morgan fingerprint density at radius 1 is 0.706 bits per heavy atom. The van der Waals surface area contributed by atoms with E-state index < -0.39 is 59.4 Å². The minimum atomic E-state index is -1.76. The first kappa shape index (κ1) is 24.0. The number of benzene rings is 2. The molecule has 0 N–H and O–H groups in total.